The summed E-state index contributed by atoms with van der Waals surface area (Å²) in [7, 11) is -1.64. The molecule has 2 rings (SSSR count). The smallest absolute Gasteiger partial charge is 0.250 e. The molecule has 0 saturated carbocycles. The van der Waals surface area contributed by atoms with Crippen LogP contribution in [-0.4, -0.2) is 33.7 Å². The minimum absolute atomic E-state index is 0.112. The van der Waals surface area contributed by atoms with Crippen LogP contribution in [0.1, 0.15) is 25.8 Å². The highest BCUT2D eigenvalue weighted by Gasteiger charge is 2.40. The minimum Gasteiger partial charge on any atom is -0.376 e. The van der Waals surface area contributed by atoms with E-state index in [0.717, 1.165) is 5.56 Å². The molecule has 0 aromatic carbocycles. The SMILES string of the molecule is CNCc1csc(S(=O)(=O)NC2(C)CCOC2C)c1. The van der Waals surface area contributed by atoms with Gasteiger partial charge in [-0.05, 0) is 44.3 Å². The van der Waals surface area contributed by atoms with E-state index in [9.17, 15) is 8.42 Å². The molecule has 1 saturated heterocycles. The number of nitrogens with one attached hydrogen (secondary N) is 2. The third-order valence-corrected chi connectivity index (χ3v) is 6.63. The van der Waals surface area contributed by atoms with Gasteiger partial charge in [-0.25, -0.2) is 13.1 Å². The van der Waals surface area contributed by atoms with Crippen molar-refractivity contribution in [2.45, 2.75) is 42.7 Å². The van der Waals surface area contributed by atoms with Gasteiger partial charge in [0.25, 0.3) is 10.0 Å². The predicted octanol–water partition coefficient (Wildman–Crippen LogP) is 1.31. The Balaban J connectivity index is 2.17. The summed E-state index contributed by atoms with van der Waals surface area (Å²) in [5.41, 5.74) is 0.458. The second-order valence-corrected chi connectivity index (χ2v) is 7.91. The van der Waals surface area contributed by atoms with Crippen LogP contribution in [-0.2, 0) is 21.3 Å². The van der Waals surface area contributed by atoms with E-state index >= 15 is 0 Å². The third-order valence-electron chi connectivity index (χ3n) is 3.53. The molecule has 0 amide bonds. The predicted molar refractivity (Wildman–Crippen MR) is 75.8 cm³/mol. The summed E-state index contributed by atoms with van der Waals surface area (Å²) < 4.78 is 33.4. The highest BCUT2D eigenvalue weighted by Crippen LogP contribution is 2.29. The maximum Gasteiger partial charge on any atom is 0.250 e. The van der Waals surface area contributed by atoms with Crippen LogP contribution in [0.5, 0.6) is 0 Å². The van der Waals surface area contributed by atoms with Crippen LogP contribution >= 0.6 is 11.3 Å². The molecular formula is C12H20N2O3S2. The van der Waals surface area contributed by atoms with E-state index < -0.39 is 15.6 Å². The van der Waals surface area contributed by atoms with E-state index in [0.29, 0.717) is 23.8 Å². The van der Waals surface area contributed by atoms with Crippen LogP contribution in [0.4, 0.5) is 0 Å². The molecular weight excluding hydrogens is 284 g/mol. The molecule has 0 radical (unpaired) electrons. The van der Waals surface area contributed by atoms with Gasteiger partial charge in [0.2, 0.25) is 0 Å². The van der Waals surface area contributed by atoms with Crippen LogP contribution in [0.25, 0.3) is 0 Å². The van der Waals surface area contributed by atoms with Crippen LogP contribution in [0.3, 0.4) is 0 Å². The summed E-state index contributed by atoms with van der Waals surface area (Å²) in [6.45, 7) is 5.05. The van der Waals surface area contributed by atoms with Crippen LogP contribution in [0.2, 0.25) is 0 Å². The van der Waals surface area contributed by atoms with Gasteiger partial charge < -0.3 is 10.1 Å². The van der Waals surface area contributed by atoms with Gasteiger partial charge in [0, 0.05) is 13.2 Å². The summed E-state index contributed by atoms with van der Waals surface area (Å²) in [6.07, 6.45) is 0.585. The lowest BCUT2D eigenvalue weighted by molar-refractivity contribution is 0.0957. The second-order valence-electron chi connectivity index (χ2n) is 5.09. The molecule has 5 nitrogen and oxygen atoms in total. The average molecular weight is 304 g/mol. The van der Waals surface area contributed by atoms with Gasteiger partial charge in [-0.2, -0.15) is 0 Å². The molecule has 2 atom stereocenters. The van der Waals surface area contributed by atoms with Crippen LogP contribution in [0.15, 0.2) is 15.7 Å². The van der Waals surface area contributed by atoms with Crippen molar-refractivity contribution >= 4 is 21.4 Å². The first kappa shape index (κ1) is 14.9. The minimum atomic E-state index is -3.47. The fourth-order valence-corrected chi connectivity index (χ4v) is 4.82. The Bertz CT molecular complexity index is 541. The molecule has 2 heterocycles. The first-order valence-corrected chi connectivity index (χ1v) is 8.61. The molecule has 0 aliphatic carbocycles. The Morgan fingerprint density at radius 3 is 2.89 bits per heavy atom. The van der Waals surface area contributed by atoms with E-state index in [1.165, 1.54) is 11.3 Å². The number of rotatable bonds is 5. The number of ether oxygens (including phenoxy) is 1. The molecule has 2 unspecified atom stereocenters. The molecule has 1 fully saturated rings. The van der Waals surface area contributed by atoms with Gasteiger partial charge in [0.05, 0.1) is 11.6 Å². The average Bonchev–Trinajstić information content (AvgIpc) is 2.88. The van der Waals surface area contributed by atoms with Gasteiger partial charge in [0.15, 0.2) is 0 Å². The number of hydrogen-bond acceptors (Lipinski definition) is 5. The Labute approximate surface area is 118 Å². The summed E-state index contributed by atoms with van der Waals surface area (Å²) in [4.78, 5) is 0. The van der Waals surface area contributed by atoms with Gasteiger partial charge >= 0.3 is 0 Å². The van der Waals surface area contributed by atoms with E-state index in [4.69, 9.17) is 4.74 Å². The highest BCUT2D eigenvalue weighted by atomic mass is 32.2. The lowest BCUT2D eigenvalue weighted by Gasteiger charge is -2.28. The number of sulfonamides is 1. The van der Waals surface area contributed by atoms with Crippen molar-refractivity contribution in [3.63, 3.8) is 0 Å². The van der Waals surface area contributed by atoms with E-state index in [2.05, 4.69) is 10.0 Å². The van der Waals surface area contributed by atoms with Gasteiger partial charge in [-0.3, -0.25) is 0 Å². The Morgan fingerprint density at radius 2 is 2.32 bits per heavy atom. The summed E-state index contributed by atoms with van der Waals surface area (Å²) >= 11 is 1.25. The molecule has 2 N–H and O–H groups in total. The summed E-state index contributed by atoms with van der Waals surface area (Å²) in [6, 6.07) is 1.72. The lowest BCUT2D eigenvalue weighted by atomic mass is 9.97. The molecule has 0 bridgehead atoms. The first-order chi connectivity index (χ1) is 8.87. The van der Waals surface area contributed by atoms with Crippen molar-refractivity contribution in [3.05, 3.63) is 17.0 Å². The fraction of sp³-hybridized carbons (Fsp3) is 0.667. The van der Waals surface area contributed by atoms with Crippen molar-refractivity contribution in [1.29, 1.82) is 0 Å². The van der Waals surface area contributed by atoms with Crippen molar-refractivity contribution in [2.75, 3.05) is 13.7 Å². The van der Waals surface area contributed by atoms with E-state index in [1.54, 1.807) is 6.07 Å². The Morgan fingerprint density at radius 1 is 1.58 bits per heavy atom. The Hall–Kier alpha value is -0.470. The first-order valence-electron chi connectivity index (χ1n) is 6.25. The molecule has 19 heavy (non-hydrogen) atoms. The Kier molecular flexibility index (Phi) is 4.32. The van der Waals surface area contributed by atoms with Crippen molar-refractivity contribution < 1.29 is 13.2 Å². The van der Waals surface area contributed by atoms with E-state index in [-0.39, 0.29) is 6.10 Å². The highest BCUT2D eigenvalue weighted by molar-refractivity contribution is 7.91. The van der Waals surface area contributed by atoms with Crippen LogP contribution < -0.4 is 10.0 Å². The van der Waals surface area contributed by atoms with Crippen molar-refractivity contribution in [2.24, 2.45) is 0 Å². The molecule has 7 heteroatoms. The third kappa shape index (κ3) is 3.17. The molecule has 1 aliphatic heterocycles. The van der Waals surface area contributed by atoms with E-state index in [1.807, 2.05) is 26.3 Å². The van der Waals surface area contributed by atoms with Crippen molar-refractivity contribution in [1.82, 2.24) is 10.0 Å². The summed E-state index contributed by atoms with van der Waals surface area (Å²) in [5, 5.41) is 4.87. The van der Waals surface area contributed by atoms with Gasteiger partial charge in [-0.1, -0.05) is 0 Å². The number of hydrogen-bond donors (Lipinski definition) is 2. The summed E-state index contributed by atoms with van der Waals surface area (Å²) in [5.74, 6) is 0. The van der Waals surface area contributed by atoms with Crippen LogP contribution in [0, 0.1) is 0 Å². The monoisotopic (exact) mass is 304 g/mol. The van der Waals surface area contributed by atoms with Gasteiger partial charge in [0.1, 0.15) is 4.21 Å². The quantitative estimate of drug-likeness (QED) is 0.861. The van der Waals surface area contributed by atoms with Gasteiger partial charge in [-0.15, -0.1) is 11.3 Å². The standard InChI is InChI=1S/C12H20N2O3S2/c1-9-12(2,4-5-17-9)14-19(15,16)11-6-10(7-13-3)8-18-11/h6,8-9,13-14H,4-5,7H2,1-3H3. The topological polar surface area (TPSA) is 67.4 Å². The second kappa shape index (κ2) is 5.49. The molecule has 0 spiro atoms. The maximum atomic E-state index is 12.4. The molecule has 1 aromatic rings. The zero-order valence-corrected chi connectivity index (χ0v) is 13.0. The largest absolute Gasteiger partial charge is 0.376 e. The molecule has 108 valence electrons. The zero-order chi connectivity index (χ0) is 14.1. The maximum absolute atomic E-state index is 12.4. The zero-order valence-electron chi connectivity index (χ0n) is 11.4. The normalized spacial score (nSPS) is 27.8. The molecule has 1 aromatic heterocycles. The fourth-order valence-electron chi connectivity index (χ4n) is 2.12. The molecule has 1 aliphatic rings. The lowest BCUT2D eigenvalue weighted by Crippen LogP contribution is -2.50. The number of thiophene rings is 1. The van der Waals surface area contributed by atoms with Crippen molar-refractivity contribution in [3.8, 4) is 0 Å².